The monoisotopic (exact) mass is 420 g/mol. The van der Waals surface area contributed by atoms with Gasteiger partial charge in [-0.2, -0.15) is 0 Å². The highest BCUT2D eigenvalue weighted by Gasteiger charge is 2.26. The number of carbonyl (C=O) groups excluding carboxylic acids is 1. The van der Waals surface area contributed by atoms with E-state index >= 15 is 0 Å². The van der Waals surface area contributed by atoms with E-state index < -0.39 is 21.5 Å². The number of thiazole rings is 1. The molecule has 1 aromatic carbocycles. The fourth-order valence-electron chi connectivity index (χ4n) is 3.94. The summed E-state index contributed by atoms with van der Waals surface area (Å²) in [6, 6.07) is 1.55. The van der Waals surface area contributed by atoms with Gasteiger partial charge in [0, 0.05) is 11.1 Å². The Morgan fingerprint density at radius 3 is 2.39 bits per heavy atom. The van der Waals surface area contributed by atoms with Gasteiger partial charge in [0.2, 0.25) is 0 Å². The molecule has 1 aromatic heterocycles. The van der Waals surface area contributed by atoms with Crippen LogP contribution in [-0.4, -0.2) is 20.3 Å². The lowest BCUT2D eigenvalue weighted by molar-refractivity contribution is 0.0778. The molecule has 0 aliphatic heterocycles. The number of hydrogen-bond acceptors (Lipinski definition) is 5. The standard InChI is InChI=1S/C19H24N4O3S2/c1-19(2,25)17-21-15(10-27-17)28(20,26)23-18(24)22-16-13-7-3-5-11(13)9-12-6-4-8-14(12)16/h9-10,25H,3-8H2,1-2H3,(H3,20,22,23,24,26)/t28-/m0/s1. The first-order chi connectivity index (χ1) is 13.1. The number of nitrogens with one attached hydrogen (secondary N) is 1. The summed E-state index contributed by atoms with van der Waals surface area (Å²) >= 11 is 1.14. The van der Waals surface area contributed by atoms with Gasteiger partial charge in [-0.3, -0.25) is 0 Å². The number of urea groups is 1. The number of aromatic nitrogens is 1. The summed E-state index contributed by atoms with van der Waals surface area (Å²) < 4.78 is 16.5. The molecule has 9 heteroatoms. The van der Waals surface area contributed by atoms with Crippen molar-refractivity contribution < 1.29 is 14.1 Å². The van der Waals surface area contributed by atoms with Crippen molar-refractivity contribution in [2.75, 3.05) is 5.32 Å². The smallest absolute Gasteiger partial charge is 0.354 e. The largest absolute Gasteiger partial charge is 0.383 e. The number of anilines is 1. The van der Waals surface area contributed by atoms with E-state index in [2.05, 4.69) is 20.7 Å². The Hall–Kier alpha value is -1.81. The summed E-state index contributed by atoms with van der Waals surface area (Å²) in [6.45, 7) is 3.16. The first-order valence-electron chi connectivity index (χ1n) is 9.36. The number of benzene rings is 1. The third-order valence-electron chi connectivity index (χ3n) is 5.23. The minimum atomic E-state index is -3.50. The third-order valence-corrected chi connectivity index (χ3v) is 7.78. The molecule has 0 saturated carbocycles. The Balaban J connectivity index is 1.65. The minimum Gasteiger partial charge on any atom is -0.383 e. The summed E-state index contributed by atoms with van der Waals surface area (Å²) in [6.07, 6.45) is 6.05. The summed E-state index contributed by atoms with van der Waals surface area (Å²) in [4.78, 5) is 16.7. The van der Waals surface area contributed by atoms with E-state index in [1.54, 1.807) is 13.8 Å². The van der Waals surface area contributed by atoms with Crippen LogP contribution in [0, 0.1) is 0 Å². The first-order valence-corrected chi connectivity index (χ1v) is 11.8. The Bertz CT molecular complexity index is 1040. The predicted octanol–water partition coefficient (Wildman–Crippen LogP) is 3.28. The average Bonchev–Trinajstić information content (AvgIpc) is 3.33. The quantitative estimate of drug-likeness (QED) is 0.706. The fraction of sp³-hybridized carbons (Fsp3) is 0.474. The average molecular weight is 421 g/mol. The normalized spacial score (nSPS) is 17.7. The highest BCUT2D eigenvalue weighted by atomic mass is 32.2. The first kappa shape index (κ1) is 19.5. The van der Waals surface area contributed by atoms with Crippen molar-refractivity contribution in [1.29, 1.82) is 0 Å². The lowest BCUT2D eigenvalue weighted by atomic mass is 9.99. The number of rotatable bonds is 3. The van der Waals surface area contributed by atoms with Crippen LogP contribution in [0.15, 0.2) is 20.8 Å². The van der Waals surface area contributed by atoms with E-state index in [1.165, 1.54) is 27.6 Å². The van der Waals surface area contributed by atoms with Crippen molar-refractivity contribution in [2.45, 2.75) is 63.0 Å². The second-order valence-electron chi connectivity index (χ2n) is 7.87. The zero-order chi connectivity index (χ0) is 20.1. The van der Waals surface area contributed by atoms with Crippen molar-refractivity contribution in [3.05, 3.63) is 38.7 Å². The summed E-state index contributed by atoms with van der Waals surface area (Å²) in [5.41, 5.74) is 4.59. The fourth-order valence-corrected chi connectivity index (χ4v) is 6.01. The number of carbonyl (C=O) groups is 1. The van der Waals surface area contributed by atoms with Crippen LogP contribution in [0.1, 0.15) is 54.0 Å². The van der Waals surface area contributed by atoms with E-state index in [0.717, 1.165) is 55.5 Å². The number of fused-ring (bicyclic) bond motifs is 2. The number of amides is 2. The molecule has 0 radical (unpaired) electrons. The predicted molar refractivity (Wildman–Crippen MR) is 110 cm³/mol. The van der Waals surface area contributed by atoms with E-state index in [-0.39, 0.29) is 5.03 Å². The summed E-state index contributed by atoms with van der Waals surface area (Å²) in [5.74, 6) is 0. The maximum absolute atomic E-state index is 12.8. The van der Waals surface area contributed by atoms with Gasteiger partial charge in [0.05, 0.1) is 0 Å². The van der Waals surface area contributed by atoms with Crippen molar-refractivity contribution in [3.8, 4) is 0 Å². The van der Waals surface area contributed by atoms with E-state index in [0.29, 0.717) is 5.01 Å². The lowest BCUT2D eigenvalue weighted by Gasteiger charge is -2.15. The molecule has 28 heavy (non-hydrogen) atoms. The van der Waals surface area contributed by atoms with Gasteiger partial charge < -0.3 is 10.4 Å². The molecule has 0 unspecified atom stereocenters. The SMILES string of the molecule is CC(C)(O)c1nc([S@@](N)(=O)=NC(=O)Nc2c3c(cc4c2CCC4)CCC3)cs1. The number of nitrogens with zero attached hydrogens (tertiary/aromatic N) is 2. The topological polar surface area (TPSA) is 118 Å². The van der Waals surface area contributed by atoms with Crippen LogP contribution in [0.4, 0.5) is 10.5 Å². The van der Waals surface area contributed by atoms with Crippen LogP contribution < -0.4 is 10.5 Å². The van der Waals surface area contributed by atoms with Crippen LogP contribution in [0.25, 0.3) is 0 Å². The molecule has 0 bridgehead atoms. The number of nitrogens with two attached hydrogens (primary N) is 1. The Morgan fingerprint density at radius 2 is 1.86 bits per heavy atom. The van der Waals surface area contributed by atoms with E-state index in [4.69, 9.17) is 5.14 Å². The Labute approximate surface area is 168 Å². The molecule has 0 fully saturated rings. The minimum absolute atomic E-state index is 0.00768. The second-order valence-corrected chi connectivity index (χ2v) is 10.5. The molecule has 2 aromatic rings. The molecule has 7 nitrogen and oxygen atoms in total. The van der Waals surface area contributed by atoms with Gasteiger partial charge in [-0.05, 0) is 74.6 Å². The molecular formula is C19H24N4O3S2. The van der Waals surface area contributed by atoms with Crippen molar-refractivity contribution >= 4 is 33.0 Å². The zero-order valence-corrected chi connectivity index (χ0v) is 17.6. The van der Waals surface area contributed by atoms with E-state index in [9.17, 15) is 14.1 Å². The molecule has 2 amide bonds. The molecule has 1 heterocycles. The lowest BCUT2D eigenvalue weighted by Crippen LogP contribution is -2.20. The molecule has 4 N–H and O–H groups in total. The van der Waals surface area contributed by atoms with Gasteiger partial charge in [0.15, 0.2) is 14.9 Å². The zero-order valence-electron chi connectivity index (χ0n) is 15.9. The molecule has 2 aliphatic rings. The van der Waals surface area contributed by atoms with Crippen LogP contribution in [0.3, 0.4) is 0 Å². The maximum atomic E-state index is 12.8. The van der Waals surface area contributed by atoms with E-state index in [1.807, 2.05) is 0 Å². The second kappa shape index (κ2) is 6.91. The molecule has 1 atom stereocenters. The van der Waals surface area contributed by atoms with Gasteiger partial charge in [-0.15, -0.1) is 15.7 Å². The van der Waals surface area contributed by atoms with Crippen molar-refractivity contribution in [3.63, 3.8) is 0 Å². The van der Waals surface area contributed by atoms with Crippen LogP contribution in [0.2, 0.25) is 0 Å². The Morgan fingerprint density at radius 1 is 1.25 bits per heavy atom. The van der Waals surface area contributed by atoms with Gasteiger partial charge in [-0.1, -0.05) is 6.07 Å². The van der Waals surface area contributed by atoms with Gasteiger partial charge in [0.25, 0.3) is 0 Å². The van der Waals surface area contributed by atoms with Gasteiger partial charge in [0.1, 0.15) is 10.6 Å². The molecule has 2 aliphatic carbocycles. The summed E-state index contributed by atoms with van der Waals surface area (Å²) in [5, 5.41) is 20.6. The molecule has 0 saturated heterocycles. The van der Waals surface area contributed by atoms with Crippen LogP contribution >= 0.6 is 11.3 Å². The highest BCUT2D eigenvalue weighted by Crippen LogP contribution is 2.38. The number of hydrogen-bond donors (Lipinski definition) is 3. The Kier molecular flexibility index (Phi) is 4.81. The van der Waals surface area contributed by atoms with Crippen molar-refractivity contribution in [1.82, 2.24) is 4.98 Å². The summed E-state index contributed by atoms with van der Waals surface area (Å²) in [7, 11) is -3.50. The van der Waals surface area contributed by atoms with Gasteiger partial charge in [-0.25, -0.2) is 19.1 Å². The van der Waals surface area contributed by atoms with Crippen LogP contribution in [-0.2, 0) is 41.2 Å². The van der Waals surface area contributed by atoms with Crippen LogP contribution in [0.5, 0.6) is 0 Å². The molecule has 4 rings (SSSR count). The molecule has 0 spiro atoms. The third kappa shape index (κ3) is 3.59. The van der Waals surface area contributed by atoms with Crippen molar-refractivity contribution in [2.24, 2.45) is 9.50 Å². The number of aryl methyl sites for hydroxylation is 2. The molecule has 150 valence electrons. The number of aliphatic hydroxyl groups is 1. The highest BCUT2D eigenvalue weighted by molar-refractivity contribution is 7.91. The maximum Gasteiger partial charge on any atom is 0.354 e. The molecular weight excluding hydrogens is 396 g/mol. The van der Waals surface area contributed by atoms with Gasteiger partial charge >= 0.3 is 6.03 Å².